The summed E-state index contributed by atoms with van der Waals surface area (Å²) >= 11 is 0. The van der Waals surface area contributed by atoms with E-state index in [4.69, 9.17) is 14.2 Å². The van der Waals surface area contributed by atoms with Crippen LogP contribution in [-0.4, -0.2) is 79.0 Å². The number of β-amino-alcohol motifs (C(OH)–C–C–N with tert-alkyl or cyclic N) is 2. The Kier molecular flexibility index (Phi) is 6.14. The van der Waals surface area contributed by atoms with Gasteiger partial charge >= 0.3 is 0 Å². The predicted molar refractivity (Wildman–Crippen MR) is 93.8 cm³/mol. The van der Waals surface area contributed by atoms with Crippen LogP contribution in [0.5, 0.6) is 5.75 Å². The molecule has 2 N–H and O–H groups in total. The Morgan fingerprint density at radius 2 is 1.92 bits per heavy atom. The molecule has 7 heteroatoms. The summed E-state index contributed by atoms with van der Waals surface area (Å²) in [5.74, 6) is 0.223. The monoisotopic (exact) mass is 369 g/mol. The molecule has 0 amide bonds. The minimum Gasteiger partial charge on any atom is -0.490 e. The number of hydrogen-bond donors (Lipinski definition) is 2. The van der Waals surface area contributed by atoms with Crippen molar-refractivity contribution in [3.05, 3.63) is 29.6 Å². The normalized spacial score (nSPS) is 27.1. The van der Waals surface area contributed by atoms with Crippen LogP contribution < -0.4 is 4.74 Å². The van der Waals surface area contributed by atoms with Gasteiger partial charge in [-0.1, -0.05) is 0 Å². The van der Waals surface area contributed by atoms with E-state index in [0.717, 1.165) is 0 Å². The van der Waals surface area contributed by atoms with Crippen LogP contribution in [0, 0.1) is 12.7 Å². The van der Waals surface area contributed by atoms with E-state index < -0.39 is 11.2 Å². The molecule has 146 valence electrons. The van der Waals surface area contributed by atoms with Crippen molar-refractivity contribution < 1.29 is 28.8 Å². The Bertz CT molecular complexity index is 608. The summed E-state index contributed by atoms with van der Waals surface area (Å²) in [7, 11) is 0. The van der Waals surface area contributed by atoms with E-state index in [0.29, 0.717) is 63.6 Å². The molecule has 1 atom stereocenters. The SMILES string of the molecule is Cc1cc(OC[C@]2(O)COCCN(CC3(O)CCOCC3)C2)ccc1F. The van der Waals surface area contributed by atoms with Crippen LogP contribution in [0.3, 0.4) is 0 Å². The number of aliphatic hydroxyl groups is 2. The lowest BCUT2D eigenvalue weighted by Gasteiger charge is -2.38. The van der Waals surface area contributed by atoms with Crippen LogP contribution in [0.25, 0.3) is 0 Å². The first-order valence-corrected chi connectivity index (χ1v) is 9.09. The van der Waals surface area contributed by atoms with Crippen LogP contribution in [0.1, 0.15) is 18.4 Å². The highest BCUT2D eigenvalue weighted by Gasteiger charge is 2.38. The minimum atomic E-state index is -1.19. The van der Waals surface area contributed by atoms with Gasteiger partial charge < -0.3 is 24.4 Å². The Morgan fingerprint density at radius 1 is 1.15 bits per heavy atom. The third-order valence-electron chi connectivity index (χ3n) is 5.02. The molecule has 2 fully saturated rings. The first kappa shape index (κ1) is 19.5. The fourth-order valence-electron chi connectivity index (χ4n) is 3.47. The van der Waals surface area contributed by atoms with Gasteiger partial charge in [-0.25, -0.2) is 4.39 Å². The molecule has 1 aromatic rings. The molecule has 0 spiro atoms. The summed E-state index contributed by atoms with van der Waals surface area (Å²) in [5.41, 5.74) is -1.49. The van der Waals surface area contributed by atoms with E-state index in [1.165, 1.54) is 6.07 Å². The molecule has 2 aliphatic rings. The predicted octanol–water partition coefficient (Wildman–Crippen LogP) is 1.12. The molecule has 2 heterocycles. The van der Waals surface area contributed by atoms with E-state index in [-0.39, 0.29) is 19.0 Å². The fraction of sp³-hybridized carbons (Fsp3) is 0.684. The van der Waals surface area contributed by atoms with Crippen LogP contribution >= 0.6 is 0 Å². The van der Waals surface area contributed by atoms with Gasteiger partial charge in [0, 0.05) is 45.7 Å². The number of rotatable bonds is 5. The van der Waals surface area contributed by atoms with Gasteiger partial charge in [0.15, 0.2) is 0 Å². The summed E-state index contributed by atoms with van der Waals surface area (Å²) in [4.78, 5) is 2.03. The number of nitrogens with zero attached hydrogens (tertiary/aromatic N) is 1. The van der Waals surface area contributed by atoms with Crippen molar-refractivity contribution in [2.45, 2.75) is 31.0 Å². The van der Waals surface area contributed by atoms with E-state index in [1.54, 1.807) is 19.1 Å². The maximum Gasteiger partial charge on any atom is 0.134 e. The second kappa shape index (κ2) is 8.19. The summed E-state index contributed by atoms with van der Waals surface area (Å²) in [6, 6.07) is 4.51. The molecular formula is C19H28FNO5. The quantitative estimate of drug-likeness (QED) is 0.811. The number of benzene rings is 1. The molecule has 2 saturated heterocycles. The Balaban J connectivity index is 1.60. The van der Waals surface area contributed by atoms with Gasteiger partial charge in [-0.15, -0.1) is 0 Å². The lowest BCUT2D eigenvalue weighted by molar-refractivity contribution is -0.0948. The second-order valence-corrected chi connectivity index (χ2v) is 7.52. The highest BCUT2D eigenvalue weighted by Crippen LogP contribution is 2.24. The van der Waals surface area contributed by atoms with Crippen LogP contribution in [0.15, 0.2) is 18.2 Å². The van der Waals surface area contributed by atoms with E-state index >= 15 is 0 Å². The van der Waals surface area contributed by atoms with Crippen LogP contribution in [-0.2, 0) is 9.47 Å². The topological polar surface area (TPSA) is 71.4 Å². The molecule has 0 saturated carbocycles. The first-order valence-electron chi connectivity index (χ1n) is 9.09. The van der Waals surface area contributed by atoms with E-state index in [2.05, 4.69) is 0 Å². The average Bonchev–Trinajstić information content (AvgIpc) is 2.78. The third kappa shape index (κ3) is 5.14. The zero-order valence-electron chi connectivity index (χ0n) is 15.2. The number of ether oxygens (including phenoxy) is 3. The summed E-state index contributed by atoms with van der Waals surface area (Å²) in [6.07, 6.45) is 1.18. The zero-order chi connectivity index (χ0) is 18.6. The largest absolute Gasteiger partial charge is 0.490 e. The van der Waals surface area contributed by atoms with E-state index in [9.17, 15) is 14.6 Å². The van der Waals surface area contributed by atoms with Crippen molar-refractivity contribution in [3.8, 4) is 5.75 Å². The molecule has 1 aromatic carbocycles. The standard InChI is InChI=1S/C19H28FNO5/c1-15-10-16(2-3-17(15)20)26-14-19(23)12-21(6-9-25-13-19)11-18(22)4-7-24-8-5-18/h2-3,10,22-23H,4-9,11-14H2,1H3/t19-/m1/s1. The lowest BCUT2D eigenvalue weighted by Crippen LogP contribution is -2.53. The van der Waals surface area contributed by atoms with Gasteiger partial charge in [0.05, 0.1) is 18.8 Å². The maximum atomic E-state index is 13.4. The summed E-state index contributed by atoms with van der Waals surface area (Å²) in [6.45, 7) is 4.92. The number of halogens is 1. The van der Waals surface area contributed by atoms with Crippen molar-refractivity contribution in [2.75, 3.05) is 52.7 Å². The molecule has 3 rings (SSSR count). The Morgan fingerprint density at radius 3 is 2.65 bits per heavy atom. The van der Waals surface area contributed by atoms with Gasteiger partial charge in [-0.2, -0.15) is 0 Å². The molecular weight excluding hydrogens is 341 g/mol. The summed E-state index contributed by atoms with van der Waals surface area (Å²) in [5, 5.41) is 21.7. The average molecular weight is 369 g/mol. The smallest absolute Gasteiger partial charge is 0.134 e. The van der Waals surface area contributed by atoms with Gasteiger partial charge in [0.1, 0.15) is 23.8 Å². The van der Waals surface area contributed by atoms with Crippen LogP contribution in [0.4, 0.5) is 4.39 Å². The van der Waals surface area contributed by atoms with Crippen molar-refractivity contribution in [2.24, 2.45) is 0 Å². The Labute approximate surface area is 153 Å². The molecule has 0 aromatic heterocycles. The van der Waals surface area contributed by atoms with Crippen molar-refractivity contribution >= 4 is 0 Å². The van der Waals surface area contributed by atoms with Crippen molar-refractivity contribution in [1.29, 1.82) is 0 Å². The van der Waals surface area contributed by atoms with Crippen LogP contribution in [0.2, 0.25) is 0 Å². The highest BCUT2D eigenvalue weighted by atomic mass is 19.1. The highest BCUT2D eigenvalue weighted by molar-refractivity contribution is 5.28. The molecule has 26 heavy (non-hydrogen) atoms. The minimum absolute atomic E-state index is 0.0378. The molecule has 0 aliphatic carbocycles. The zero-order valence-corrected chi connectivity index (χ0v) is 15.2. The lowest BCUT2D eigenvalue weighted by atomic mass is 9.93. The summed E-state index contributed by atoms with van der Waals surface area (Å²) < 4.78 is 29.9. The first-order chi connectivity index (χ1) is 12.4. The maximum absolute atomic E-state index is 13.4. The molecule has 0 unspecified atom stereocenters. The van der Waals surface area contributed by atoms with Gasteiger partial charge in [-0.05, 0) is 30.7 Å². The number of hydrogen-bond acceptors (Lipinski definition) is 6. The van der Waals surface area contributed by atoms with Gasteiger partial charge in [-0.3, -0.25) is 4.90 Å². The van der Waals surface area contributed by atoms with E-state index in [1.807, 2.05) is 4.90 Å². The molecule has 0 radical (unpaired) electrons. The second-order valence-electron chi connectivity index (χ2n) is 7.52. The van der Waals surface area contributed by atoms with Crippen molar-refractivity contribution in [1.82, 2.24) is 4.90 Å². The Hall–Kier alpha value is -1.25. The third-order valence-corrected chi connectivity index (χ3v) is 5.02. The number of aryl methyl sites for hydroxylation is 1. The van der Waals surface area contributed by atoms with Gasteiger partial charge in [0.2, 0.25) is 0 Å². The molecule has 6 nitrogen and oxygen atoms in total. The van der Waals surface area contributed by atoms with Gasteiger partial charge in [0.25, 0.3) is 0 Å². The molecule has 2 aliphatic heterocycles. The molecule has 0 bridgehead atoms. The fourth-order valence-corrected chi connectivity index (χ4v) is 3.47. The van der Waals surface area contributed by atoms with Crippen molar-refractivity contribution in [3.63, 3.8) is 0 Å².